The second-order valence-electron chi connectivity index (χ2n) is 7.43. The summed E-state index contributed by atoms with van der Waals surface area (Å²) >= 11 is 0. The van der Waals surface area contributed by atoms with E-state index >= 15 is 0 Å². The number of hydrogen-bond donors (Lipinski definition) is 2. The van der Waals surface area contributed by atoms with Gasteiger partial charge in [0.05, 0.1) is 11.8 Å². The van der Waals surface area contributed by atoms with E-state index in [2.05, 4.69) is 10.6 Å². The van der Waals surface area contributed by atoms with Crippen LogP contribution in [0.4, 0.5) is 11.4 Å². The van der Waals surface area contributed by atoms with Crippen LogP contribution in [0.25, 0.3) is 0 Å². The van der Waals surface area contributed by atoms with Crippen molar-refractivity contribution in [2.24, 2.45) is 0 Å². The molecule has 0 atom stereocenters. The maximum atomic E-state index is 12.2. The monoisotopic (exact) mass is 470 g/mol. The minimum Gasteiger partial charge on any atom is -0.489 e. The van der Waals surface area contributed by atoms with Crippen LogP contribution < -0.4 is 15.4 Å². The number of amides is 2. The Hall–Kier alpha value is -4.85. The van der Waals surface area contributed by atoms with E-state index in [1.165, 1.54) is 18.4 Å². The number of rotatable bonds is 9. The molecule has 0 aliphatic rings. The molecule has 0 fully saturated rings. The van der Waals surface area contributed by atoms with E-state index in [-0.39, 0.29) is 11.3 Å². The van der Waals surface area contributed by atoms with Crippen molar-refractivity contribution < 1.29 is 28.3 Å². The van der Waals surface area contributed by atoms with Crippen molar-refractivity contribution in [3.63, 3.8) is 0 Å². The van der Waals surface area contributed by atoms with Gasteiger partial charge in [0.2, 0.25) is 0 Å². The SMILES string of the molecule is O=C(COC(=O)c1ccc(NC(=O)c2ccco2)cc1)Nc1ccc(OCc2ccccc2)cc1. The first kappa shape index (κ1) is 23.3. The Morgan fingerprint density at radius 2 is 1.43 bits per heavy atom. The molecule has 0 saturated carbocycles. The molecule has 0 aliphatic carbocycles. The van der Waals surface area contributed by atoms with E-state index in [4.69, 9.17) is 13.9 Å². The minimum absolute atomic E-state index is 0.175. The summed E-state index contributed by atoms with van der Waals surface area (Å²) in [4.78, 5) is 36.4. The lowest BCUT2D eigenvalue weighted by atomic mass is 10.2. The summed E-state index contributed by atoms with van der Waals surface area (Å²) in [6.07, 6.45) is 1.40. The Morgan fingerprint density at radius 3 is 2.11 bits per heavy atom. The van der Waals surface area contributed by atoms with E-state index < -0.39 is 24.4 Å². The van der Waals surface area contributed by atoms with Crippen molar-refractivity contribution in [2.75, 3.05) is 17.2 Å². The van der Waals surface area contributed by atoms with Crippen molar-refractivity contribution >= 4 is 29.2 Å². The van der Waals surface area contributed by atoms with Crippen LogP contribution in [0.5, 0.6) is 5.75 Å². The first-order valence-electron chi connectivity index (χ1n) is 10.8. The normalized spacial score (nSPS) is 10.3. The standard InChI is InChI=1S/C27H22N2O6/c30-25(28-21-12-14-23(15-13-21)34-17-19-5-2-1-3-6-19)18-35-27(32)20-8-10-22(11-9-20)29-26(31)24-7-4-16-33-24/h1-16H,17-18H2,(H,28,30)(H,29,31). The molecule has 0 saturated heterocycles. The van der Waals surface area contributed by atoms with Gasteiger partial charge in [0, 0.05) is 11.4 Å². The lowest BCUT2D eigenvalue weighted by molar-refractivity contribution is -0.119. The van der Waals surface area contributed by atoms with E-state index in [1.54, 1.807) is 48.5 Å². The maximum absolute atomic E-state index is 12.2. The molecule has 4 rings (SSSR count). The zero-order valence-corrected chi connectivity index (χ0v) is 18.6. The molecular weight excluding hydrogens is 448 g/mol. The van der Waals surface area contributed by atoms with E-state index in [9.17, 15) is 14.4 Å². The highest BCUT2D eigenvalue weighted by molar-refractivity contribution is 6.02. The van der Waals surface area contributed by atoms with Crippen molar-refractivity contribution in [3.05, 3.63) is 114 Å². The molecule has 0 bridgehead atoms. The second-order valence-corrected chi connectivity index (χ2v) is 7.43. The van der Waals surface area contributed by atoms with Gasteiger partial charge in [-0.15, -0.1) is 0 Å². The third kappa shape index (κ3) is 6.82. The van der Waals surface area contributed by atoms with Gasteiger partial charge in [-0.25, -0.2) is 4.79 Å². The molecule has 2 amide bonds. The number of carbonyl (C=O) groups excluding carboxylic acids is 3. The number of hydrogen-bond acceptors (Lipinski definition) is 6. The van der Waals surface area contributed by atoms with Gasteiger partial charge in [-0.2, -0.15) is 0 Å². The van der Waals surface area contributed by atoms with Crippen LogP contribution in [0.15, 0.2) is 102 Å². The van der Waals surface area contributed by atoms with E-state index in [1.807, 2.05) is 30.3 Å². The Kier molecular flexibility index (Phi) is 7.55. The average molecular weight is 470 g/mol. The fraction of sp³-hybridized carbons (Fsp3) is 0.0741. The summed E-state index contributed by atoms with van der Waals surface area (Å²) < 4.78 is 15.8. The number of nitrogens with one attached hydrogen (secondary N) is 2. The van der Waals surface area contributed by atoms with Crippen LogP contribution in [0.3, 0.4) is 0 Å². The molecule has 0 spiro atoms. The van der Waals surface area contributed by atoms with Crippen molar-refractivity contribution in [2.45, 2.75) is 6.61 Å². The second kappa shape index (κ2) is 11.3. The van der Waals surface area contributed by atoms with Gasteiger partial charge in [-0.1, -0.05) is 30.3 Å². The molecule has 0 unspecified atom stereocenters. The Balaban J connectivity index is 1.21. The summed E-state index contributed by atoms with van der Waals surface area (Å²) in [5.74, 6) is -0.693. The van der Waals surface area contributed by atoms with Gasteiger partial charge < -0.3 is 24.5 Å². The summed E-state index contributed by atoms with van der Waals surface area (Å²) in [6, 6.07) is 25.9. The fourth-order valence-corrected chi connectivity index (χ4v) is 3.08. The van der Waals surface area contributed by atoms with Gasteiger partial charge >= 0.3 is 5.97 Å². The quantitative estimate of drug-likeness (QED) is 0.337. The Labute approximate surface area is 201 Å². The van der Waals surface area contributed by atoms with Crippen molar-refractivity contribution in [3.8, 4) is 5.75 Å². The van der Waals surface area contributed by atoms with Gasteiger partial charge in [-0.3, -0.25) is 9.59 Å². The number of esters is 1. The third-order valence-corrected chi connectivity index (χ3v) is 4.84. The highest BCUT2D eigenvalue weighted by Crippen LogP contribution is 2.17. The molecule has 3 aromatic carbocycles. The highest BCUT2D eigenvalue weighted by Gasteiger charge is 2.12. The predicted molar refractivity (Wildman–Crippen MR) is 129 cm³/mol. The molecule has 4 aromatic rings. The number of benzene rings is 3. The van der Waals surface area contributed by atoms with Gasteiger partial charge in [0.15, 0.2) is 12.4 Å². The molecule has 8 nitrogen and oxygen atoms in total. The largest absolute Gasteiger partial charge is 0.489 e. The summed E-state index contributed by atoms with van der Waals surface area (Å²) in [5, 5.41) is 5.32. The molecule has 1 heterocycles. The zero-order chi connectivity index (χ0) is 24.5. The topological polar surface area (TPSA) is 107 Å². The molecule has 176 valence electrons. The lowest BCUT2D eigenvalue weighted by Crippen LogP contribution is -2.21. The van der Waals surface area contributed by atoms with Crippen molar-refractivity contribution in [1.29, 1.82) is 0 Å². The minimum atomic E-state index is -0.659. The maximum Gasteiger partial charge on any atom is 0.338 e. The average Bonchev–Trinajstić information content (AvgIpc) is 3.43. The first-order chi connectivity index (χ1) is 17.1. The highest BCUT2D eigenvalue weighted by atomic mass is 16.5. The van der Waals surface area contributed by atoms with Crippen LogP contribution in [0.1, 0.15) is 26.5 Å². The van der Waals surface area contributed by atoms with Gasteiger partial charge in [0.1, 0.15) is 12.4 Å². The molecule has 1 aromatic heterocycles. The Morgan fingerprint density at radius 1 is 0.743 bits per heavy atom. The van der Waals surface area contributed by atoms with Gasteiger partial charge in [-0.05, 0) is 66.2 Å². The fourth-order valence-electron chi connectivity index (χ4n) is 3.08. The molecular formula is C27H22N2O6. The molecule has 2 N–H and O–H groups in total. The molecule has 8 heteroatoms. The predicted octanol–water partition coefficient (Wildman–Crippen LogP) is 4.91. The van der Waals surface area contributed by atoms with Crippen LogP contribution in [0, 0.1) is 0 Å². The van der Waals surface area contributed by atoms with Crippen LogP contribution in [0.2, 0.25) is 0 Å². The summed E-state index contributed by atoms with van der Waals surface area (Å²) in [6.45, 7) is 0.00189. The Bertz CT molecular complexity index is 1270. The number of anilines is 2. The summed E-state index contributed by atoms with van der Waals surface area (Å²) in [7, 11) is 0. The van der Waals surface area contributed by atoms with E-state index in [0.717, 1.165) is 5.56 Å². The van der Waals surface area contributed by atoms with Crippen molar-refractivity contribution in [1.82, 2.24) is 0 Å². The number of furan rings is 1. The zero-order valence-electron chi connectivity index (χ0n) is 18.6. The lowest BCUT2D eigenvalue weighted by Gasteiger charge is -2.09. The van der Waals surface area contributed by atoms with Crippen LogP contribution in [-0.4, -0.2) is 24.4 Å². The number of carbonyl (C=O) groups is 3. The number of ether oxygens (including phenoxy) is 2. The third-order valence-electron chi connectivity index (χ3n) is 4.84. The van der Waals surface area contributed by atoms with E-state index in [0.29, 0.717) is 23.7 Å². The first-order valence-corrected chi connectivity index (χ1v) is 10.8. The molecule has 35 heavy (non-hydrogen) atoms. The molecule has 0 radical (unpaired) electrons. The smallest absolute Gasteiger partial charge is 0.338 e. The van der Waals surface area contributed by atoms with Crippen LogP contribution in [-0.2, 0) is 16.1 Å². The molecule has 0 aliphatic heterocycles. The van der Waals surface area contributed by atoms with Crippen LogP contribution >= 0.6 is 0 Å². The van der Waals surface area contributed by atoms with Gasteiger partial charge in [0.25, 0.3) is 11.8 Å². The summed E-state index contributed by atoms with van der Waals surface area (Å²) in [5.41, 5.74) is 2.33.